The Morgan fingerprint density at radius 3 is 2.33 bits per heavy atom. The van der Waals surface area contributed by atoms with Gasteiger partial charge in [-0.05, 0) is 38.1 Å². The Labute approximate surface area is 161 Å². The lowest BCUT2D eigenvalue weighted by atomic mass is 10.2. The average Bonchev–Trinajstić information content (AvgIpc) is 2.65. The minimum absolute atomic E-state index is 0.331. The molecule has 0 saturated carbocycles. The van der Waals surface area contributed by atoms with E-state index in [1.807, 2.05) is 54.6 Å². The zero-order chi connectivity index (χ0) is 18.9. The second-order valence-electron chi connectivity index (χ2n) is 7.02. The summed E-state index contributed by atoms with van der Waals surface area (Å²) in [6.07, 6.45) is 0.662. The molecule has 5 nitrogen and oxygen atoms in total. The maximum absolute atomic E-state index is 5.82. The van der Waals surface area contributed by atoms with Gasteiger partial charge in [-0.2, -0.15) is 0 Å². The van der Waals surface area contributed by atoms with Crippen molar-refractivity contribution in [2.45, 2.75) is 26.1 Å². The van der Waals surface area contributed by atoms with Crippen molar-refractivity contribution in [3.63, 3.8) is 0 Å². The van der Waals surface area contributed by atoms with Gasteiger partial charge in [-0.3, -0.25) is 0 Å². The fourth-order valence-corrected chi connectivity index (χ4v) is 3.38. The van der Waals surface area contributed by atoms with Crippen molar-refractivity contribution in [1.29, 1.82) is 0 Å². The van der Waals surface area contributed by atoms with E-state index in [2.05, 4.69) is 13.8 Å². The summed E-state index contributed by atoms with van der Waals surface area (Å²) in [6.45, 7) is 9.25. The number of morpholine rings is 1. The Morgan fingerprint density at radius 2 is 1.56 bits per heavy atom. The summed E-state index contributed by atoms with van der Waals surface area (Å²) in [5.74, 6) is 2.36. The third-order valence-electron chi connectivity index (χ3n) is 4.50. The highest BCUT2D eigenvalue weighted by molar-refractivity contribution is 5.36. The van der Waals surface area contributed by atoms with Gasteiger partial charge in [0.15, 0.2) is 0 Å². The van der Waals surface area contributed by atoms with Gasteiger partial charge >= 0.3 is 0 Å². The van der Waals surface area contributed by atoms with Crippen LogP contribution in [-0.4, -0.2) is 51.7 Å². The minimum atomic E-state index is 0.331. The van der Waals surface area contributed by atoms with Crippen LogP contribution < -0.4 is 14.4 Å². The van der Waals surface area contributed by atoms with E-state index < -0.39 is 0 Å². The van der Waals surface area contributed by atoms with Crippen LogP contribution in [0, 0.1) is 0 Å². The molecule has 0 aliphatic carbocycles. The maximum atomic E-state index is 5.82. The Morgan fingerprint density at radius 1 is 0.852 bits per heavy atom. The summed E-state index contributed by atoms with van der Waals surface area (Å²) >= 11 is 0. The molecule has 3 rings (SSSR count). The van der Waals surface area contributed by atoms with Gasteiger partial charge in [0.2, 0.25) is 0 Å². The van der Waals surface area contributed by atoms with Gasteiger partial charge < -0.3 is 23.8 Å². The maximum Gasteiger partial charge on any atom is 0.131 e. The lowest BCUT2D eigenvalue weighted by Gasteiger charge is -2.32. The number of hydrogen-bond acceptors (Lipinski definition) is 4. The Hall–Kier alpha value is -2.08. The van der Waals surface area contributed by atoms with Crippen molar-refractivity contribution < 1.29 is 23.8 Å². The predicted octanol–water partition coefficient (Wildman–Crippen LogP) is 2.57. The van der Waals surface area contributed by atoms with Crippen LogP contribution in [-0.2, 0) is 9.47 Å². The number of hydrogen-bond donors (Lipinski definition) is 1. The van der Waals surface area contributed by atoms with E-state index >= 15 is 0 Å². The molecular weight excluding hydrogens is 342 g/mol. The minimum Gasteiger partial charge on any atom is -0.491 e. The van der Waals surface area contributed by atoms with Crippen LogP contribution in [0.5, 0.6) is 17.2 Å². The van der Waals surface area contributed by atoms with Crippen LogP contribution in [0.1, 0.15) is 13.8 Å². The summed E-state index contributed by atoms with van der Waals surface area (Å²) in [5, 5.41) is 0. The molecule has 0 radical (unpaired) electrons. The molecule has 0 bridgehead atoms. The molecule has 0 amide bonds. The second-order valence-corrected chi connectivity index (χ2v) is 7.02. The first-order chi connectivity index (χ1) is 13.2. The fourth-order valence-electron chi connectivity index (χ4n) is 3.38. The van der Waals surface area contributed by atoms with Crippen molar-refractivity contribution in [3.8, 4) is 17.2 Å². The molecule has 5 heteroatoms. The molecule has 1 fully saturated rings. The van der Waals surface area contributed by atoms with Gasteiger partial charge in [0.1, 0.15) is 55.7 Å². The van der Waals surface area contributed by atoms with Crippen molar-refractivity contribution in [1.82, 2.24) is 0 Å². The Balaban J connectivity index is 1.33. The summed E-state index contributed by atoms with van der Waals surface area (Å²) in [6, 6.07) is 17.4. The summed E-state index contributed by atoms with van der Waals surface area (Å²) in [7, 11) is 0. The highest BCUT2D eigenvalue weighted by Gasteiger charge is 2.24. The summed E-state index contributed by atoms with van der Waals surface area (Å²) < 4.78 is 23.1. The highest BCUT2D eigenvalue weighted by atomic mass is 16.5. The molecule has 146 valence electrons. The van der Waals surface area contributed by atoms with Crippen LogP contribution in [0.4, 0.5) is 0 Å². The Kier molecular flexibility index (Phi) is 7.51. The normalized spacial score (nSPS) is 22.4. The van der Waals surface area contributed by atoms with Gasteiger partial charge in [-0.25, -0.2) is 0 Å². The monoisotopic (exact) mass is 372 g/mol. The lowest BCUT2D eigenvalue weighted by molar-refractivity contribution is -0.915. The van der Waals surface area contributed by atoms with Gasteiger partial charge in [0.05, 0.1) is 13.2 Å². The topological polar surface area (TPSA) is 41.4 Å². The smallest absolute Gasteiger partial charge is 0.131 e. The van der Waals surface area contributed by atoms with E-state index in [0.717, 1.165) is 43.5 Å². The van der Waals surface area contributed by atoms with Crippen molar-refractivity contribution in [2.75, 3.05) is 39.5 Å². The van der Waals surface area contributed by atoms with Crippen LogP contribution in [0.25, 0.3) is 0 Å². The molecule has 1 heterocycles. The quantitative estimate of drug-likeness (QED) is 0.687. The average molecular weight is 372 g/mol. The van der Waals surface area contributed by atoms with Crippen LogP contribution in [0.3, 0.4) is 0 Å². The molecular formula is C22H30NO4+. The van der Waals surface area contributed by atoms with E-state index in [9.17, 15) is 0 Å². The molecule has 2 aromatic rings. The summed E-state index contributed by atoms with van der Waals surface area (Å²) in [5.41, 5.74) is 0. The van der Waals surface area contributed by atoms with Gasteiger partial charge in [-0.1, -0.05) is 24.3 Å². The molecule has 1 aliphatic heterocycles. The van der Waals surface area contributed by atoms with E-state index in [1.165, 1.54) is 0 Å². The number of benzene rings is 2. The number of para-hydroxylation sites is 1. The zero-order valence-electron chi connectivity index (χ0n) is 16.2. The van der Waals surface area contributed by atoms with Crippen molar-refractivity contribution in [3.05, 3.63) is 54.6 Å². The molecule has 0 spiro atoms. The van der Waals surface area contributed by atoms with Crippen molar-refractivity contribution in [2.24, 2.45) is 0 Å². The summed E-state index contributed by atoms with van der Waals surface area (Å²) in [4.78, 5) is 1.55. The van der Waals surface area contributed by atoms with Crippen molar-refractivity contribution >= 4 is 0 Å². The number of quaternary nitrogens is 1. The zero-order valence-corrected chi connectivity index (χ0v) is 16.2. The van der Waals surface area contributed by atoms with Crippen LogP contribution in [0.2, 0.25) is 0 Å². The third kappa shape index (κ3) is 6.86. The fraction of sp³-hybridized carbons (Fsp3) is 0.455. The molecule has 0 unspecified atom stereocenters. The molecule has 1 N–H and O–H groups in total. The standard InChI is InChI=1S/C22H29NO4/c1-18-16-23(17-19(2)26-18)11-12-24-13-14-25-21-9-6-10-22(15-21)27-20-7-4-3-5-8-20/h3-10,15,18-19H,11-14,16-17H2,1-2H3/p+1/t18-,19-/m0/s1. The van der Waals surface area contributed by atoms with Gasteiger partial charge in [0.25, 0.3) is 0 Å². The van der Waals surface area contributed by atoms with Crippen LogP contribution in [0.15, 0.2) is 54.6 Å². The molecule has 0 aromatic heterocycles. The van der Waals surface area contributed by atoms with Gasteiger partial charge in [0, 0.05) is 6.07 Å². The largest absolute Gasteiger partial charge is 0.491 e. The van der Waals surface area contributed by atoms with E-state index in [4.69, 9.17) is 18.9 Å². The molecule has 1 aliphatic rings. The highest BCUT2D eigenvalue weighted by Crippen LogP contribution is 2.24. The molecule has 2 aromatic carbocycles. The SMILES string of the molecule is C[C@H]1C[NH+](CCOCCOc2cccc(Oc3ccccc3)c2)C[C@H](C)O1. The first-order valence-corrected chi connectivity index (χ1v) is 9.71. The van der Waals surface area contributed by atoms with E-state index in [1.54, 1.807) is 4.90 Å². The lowest BCUT2D eigenvalue weighted by Crippen LogP contribution is -3.15. The number of rotatable bonds is 9. The first-order valence-electron chi connectivity index (χ1n) is 9.71. The predicted molar refractivity (Wildman–Crippen MR) is 105 cm³/mol. The molecule has 1 saturated heterocycles. The van der Waals surface area contributed by atoms with Crippen LogP contribution >= 0.6 is 0 Å². The molecule has 27 heavy (non-hydrogen) atoms. The van der Waals surface area contributed by atoms with E-state index in [0.29, 0.717) is 25.4 Å². The Bertz CT molecular complexity index is 669. The second kappa shape index (κ2) is 10.3. The van der Waals surface area contributed by atoms with E-state index in [-0.39, 0.29) is 0 Å². The third-order valence-corrected chi connectivity index (χ3v) is 4.50. The first kappa shape index (κ1) is 19.7. The van der Waals surface area contributed by atoms with Gasteiger partial charge in [-0.15, -0.1) is 0 Å². The number of nitrogens with one attached hydrogen (secondary N) is 1. The molecule has 2 atom stereocenters. The number of ether oxygens (including phenoxy) is 4.